The second-order valence-electron chi connectivity index (χ2n) is 4.58. The summed E-state index contributed by atoms with van der Waals surface area (Å²) in [5.41, 5.74) is 7.77. The Bertz CT molecular complexity index is 787. The van der Waals surface area contributed by atoms with Crippen LogP contribution in [-0.4, -0.2) is 23.0 Å². The molecule has 23 heavy (non-hydrogen) atoms. The number of anilines is 1. The zero-order valence-corrected chi connectivity index (χ0v) is 13.1. The molecule has 6 nitrogen and oxygen atoms in total. The van der Waals surface area contributed by atoms with Gasteiger partial charge in [-0.15, -0.1) is 11.3 Å². The lowest BCUT2D eigenvalue weighted by molar-refractivity contribution is 0.0962. The van der Waals surface area contributed by atoms with Gasteiger partial charge in [0.05, 0.1) is 12.8 Å². The molecule has 1 aromatic carbocycles. The first-order chi connectivity index (χ1) is 11.3. The first-order valence-corrected chi connectivity index (χ1v) is 7.70. The van der Waals surface area contributed by atoms with Gasteiger partial charge < -0.3 is 4.74 Å². The summed E-state index contributed by atoms with van der Waals surface area (Å²) in [6.45, 7) is 0. The summed E-state index contributed by atoms with van der Waals surface area (Å²) in [4.78, 5) is 20.2. The molecule has 2 heterocycles. The monoisotopic (exact) mass is 326 g/mol. The van der Waals surface area contributed by atoms with Gasteiger partial charge >= 0.3 is 0 Å². The number of hydrazine groups is 1. The fourth-order valence-corrected chi connectivity index (χ4v) is 2.58. The number of benzene rings is 1. The van der Waals surface area contributed by atoms with Crippen LogP contribution in [0.3, 0.4) is 0 Å². The molecule has 3 rings (SSSR count). The van der Waals surface area contributed by atoms with Crippen molar-refractivity contribution in [2.75, 3.05) is 12.5 Å². The minimum atomic E-state index is -0.242. The van der Waals surface area contributed by atoms with Crippen LogP contribution in [0.25, 0.3) is 11.3 Å². The second kappa shape index (κ2) is 6.89. The van der Waals surface area contributed by atoms with E-state index in [-0.39, 0.29) is 5.91 Å². The Morgan fingerprint density at radius 2 is 1.87 bits per heavy atom. The van der Waals surface area contributed by atoms with Crippen molar-refractivity contribution in [3.8, 4) is 17.0 Å². The number of methoxy groups -OCH3 is 1. The van der Waals surface area contributed by atoms with E-state index < -0.39 is 0 Å². The summed E-state index contributed by atoms with van der Waals surface area (Å²) in [6, 6.07) is 10.9. The highest BCUT2D eigenvalue weighted by molar-refractivity contribution is 7.14. The summed E-state index contributed by atoms with van der Waals surface area (Å²) < 4.78 is 5.14. The standard InChI is InChI=1S/C16H14N4O2S/c1-22-13-4-2-11(3-5-13)14-10-23-16(18-14)20-19-15(21)12-6-8-17-9-7-12/h2-10H,1H3,(H,18,20)(H,19,21). The van der Waals surface area contributed by atoms with Gasteiger partial charge in [0.2, 0.25) is 5.13 Å². The molecule has 0 unspecified atom stereocenters. The number of thiazole rings is 1. The smallest absolute Gasteiger partial charge is 0.269 e. The van der Waals surface area contributed by atoms with Gasteiger partial charge in [-0.1, -0.05) is 0 Å². The van der Waals surface area contributed by atoms with Crippen LogP contribution < -0.4 is 15.6 Å². The molecular weight excluding hydrogens is 312 g/mol. The highest BCUT2D eigenvalue weighted by atomic mass is 32.1. The third kappa shape index (κ3) is 3.64. The Hall–Kier alpha value is -2.93. The number of pyridine rings is 1. The first kappa shape index (κ1) is 15.0. The van der Waals surface area contributed by atoms with Gasteiger partial charge in [0.25, 0.3) is 5.91 Å². The third-order valence-corrected chi connectivity index (χ3v) is 3.87. The van der Waals surface area contributed by atoms with Gasteiger partial charge in [-0.3, -0.25) is 20.6 Å². The van der Waals surface area contributed by atoms with Crippen molar-refractivity contribution < 1.29 is 9.53 Å². The van der Waals surface area contributed by atoms with Crippen molar-refractivity contribution in [2.24, 2.45) is 0 Å². The molecule has 0 spiro atoms. The van der Waals surface area contributed by atoms with Gasteiger partial charge in [-0.2, -0.15) is 0 Å². The molecule has 0 atom stereocenters. The Balaban J connectivity index is 1.64. The summed E-state index contributed by atoms with van der Waals surface area (Å²) in [5.74, 6) is 0.556. The number of carbonyl (C=O) groups excluding carboxylic acids is 1. The molecule has 0 bridgehead atoms. The van der Waals surface area contributed by atoms with E-state index in [1.165, 1.54) is 11.3 Å². The number of nitrogens with one attached hydrogen (secondary N) is 2. The molecule has 0 aliphatic rings. The van der Waals surface area contributed by atoms with E-state index in [2.05, 4.69) is 20.8 Å². The molecule has 2 aromatic heterocycles. The maximum atomic E-state index is 11.9. The van der Waals surface area contributed by atoms with Crippen LogP contribution in [-0.2, 0) is 0 Å². The van der Waals surface area contributed by atoms with E-state index in [0.29, 0.717) is 10.7 Å². The van der Waals surface area contributed by atoms with Crippen molar-refractivity contribution in [1.82, 2.24) is 15.4 Å². The van der Waals surface area contributed by atoms with E-state index in [9.17, 15) is 4.79 Å². The fraction of sp³-hybridized carbons (Fsp3) is 0.0625. The van der Waals surface area contributed by atoms with Gasteiger partial charge in [0.15, 0.2) is 0 Å². The Labute approximate surface area is 137 Å². The molecule has 0 saturated carbocycles. The molecule has 0 saturated heterocycles. The number of hydrogen-bond acceptors (Lipinski definition) is 6. The molecule has 0 aliphatic heterocycles. The Morgan fingerprint density at radius 3 is 2.57 bits per heavy atom. The topological polar surface area (TPSA) is 76.1 Å². The fourth-order valence-electron chi connectivity index (χ4n) is 1.91. The second-order valence-corrected chi connectivity index (χ2v) is 5.44. The zero-order chi connectivity index (χ0) is 16.1. The molecule has 116 valence electrons. The quantitative estimate of drug-likeness (QED) is 0.705. The Morgan fingerprint density at radius 1 is 1.13 bits per heavy atom. The summed E-state index contributed by atoms with van der Waals surface area (Å²) in [7, 11) is 1.63. The third-order valence-electron chi connectivity index (χ3n) is 3.12. The number of aromatic nitrogens is 2. The first-order valence-electron chi connectivity index (χ1n) is 6.82. The van der Waals surface area contributed by atoms with E-state index in [1.54, 1.807) is 31.6 Å². The van der Waals surface area contributed by atoms with Gasteiger partial charge in [-0.25, -0.2) is 4.98 Å². The van der Waals surface area contributed by atoms with Gasteiger partial charge in [-0.05, 0) is 36.4 Å². The molecule has 2 N–H and O–H groups in total. The Kier molecular flexibility index (Phi) is 4.49. The van der Waals surface area contributed by atoms with Crippen LogP contribution in [0.5, 0.6) is 5.75 Å². The predicted molar refractivity (Wildman–Crippen MR) is 89.4 cm³/mol. The normalized spacial score (nSPS) is 10.1. The van der Waals surface area contributed by atoms with Crippen molar-refractivity contribution in [2.45, 2.75) is 0 Å². The van der Waals surface area contributed by atoms with Crippen LogP contribution in [0, 0.1) is 0 Å². The molecular formula is C16H14N4O2S. The van der Waals surface area contributed by atoms with Crippen LogP contribution in [0.4, 0.5) is 5.13 Å². The number of hydrogen-bond donors (Lipinski definition) is 2. The van der Waals surface area contributed by atoms with E-state index >= 15 is 0 Å². The summed E-state index contributed by atoms with van der Waals surface area (Å²) in [5, 5.41) is 2.53. The van der Waals surface area contributed by atoms with Gasteiger partial charge in [0, 0.05) is 28.9 Å². The van der Waals surface area contributed by atoms with Crippen molar-refractivity contribution >= 4 is 22.4 Å². The molecule has 0 fully saturated rings. The maximum absolute atomic E-state index is 11.9. The van der Waals surface area contributed by atoms with E-state index in [4.69, 9.17) is 4.74 Å². The summed E-state index contributed by atoms with van der Waals surface area (Å²) in [6.07, 6.45) is 3.14. The zero-order valence-electron chi connectivity index (χ0n) is 12.3. The highest BCUT2D eigenvalue weighted by Crippen LogP contribution is 2.26. The molecule has 1 amide bonds. The minimum Gasteiger partial charge on any atom is -0.497 e. The van der Waals surface area contributed by atoms with Crippen molar-refractivity contribution in [1.29, 1.82) is 0 Å². The lowest BCUT2D eigenvalue weighted by Crippen LogP contribution is -2.29. The largest absolute Gasteiger partial charge is 0.497 e. The number of ether oxygens (including phenoxy) is 1. The lowest BCUT2D eigenvalue weighted by atomic mass is 10.2. The van der Waals surface area contributed by atoms with Crippen LogP contribution >= 0.6 is 11.3 Å². The van der Waals surface area contributed by atoms with E-state index in [0.717, 1.165) is 17.0 Å². The van der Waals surface area contributed by atoms with E-state index in [1.807, 2.05) is 29.6 Å². The number of carbonyl (C=O) groups is 1. The minimum absolute atomic E-state index is 0.242. The SMILES string of the molecule is COc1ccc(-c2csc(NNC(=O)c3ccncc3)n2)cc1. The predicted octanol–water partition coefficient (Wildman–Crippen LogP) is 2.97. The average molecular weight is 326 g/mol. The summed E-state index contributed by atoms with van der Waals surface area (Å²) >= 11 is 1.41. The molecule has 0 aliphatic carbocycles. The highest BCUT2D eigenvalue weighted by Gasteiger charge is 2.07. The van der Waals surface area contributed by atoms with Gasteiger partial charge in [0.1, 0.15) is 5.75 Å². The van der Waals surface area contributed by atoms with Crippen LogP contribution in [0.15, 0.2) is 54.2 Å². The molecule has 3 aromatic rings. The lowest BCUT2D eigenvalue weighted by Gasteiger charge is -2.05. The average Bonchev–Trinajstić information content (AvgIpc) is 3.09. The van der Waals surface area contributed by atoms with Crippen molar-refractivity contribution in [3.63, 3.8) is 0 Å². The number of rotatable bonds is 5. The van der Waals surface area contributed by atoms with Crippen LogP contribution in [0.1, 0.15) is 10.4 Å². The number of amides is 1. The molecule has 7 heteroatoms. The maximum Gasteiger partial charge on any atom is 0.269 e. The number of nitrogens with zero attached hydrogens (tertiary/aromatic N) is 2. The van der Waals surface area contributed by atoms with Crippen LogP contribution in [0.2, 0.25) is 0 Å². The molecule has 0 radical (unpaired) electrons. The van der Waals surface area contributed by atoms with Crippen molar-refractivity contribution in [3.05, 3.63) is 59.7 Å².